The summed E-state index contributed by atoms with van der Waals surface area (Å²) in [7, 11) is 0. The lowest BCUT2D eigenvalue weighted by Gasteiger charge is -2.17. The standard InChI is InChI=1S/C9H17O2/c1-5-6-8(10)11-7-9(2,3)4/h6H,5,7H2,1-4H3. The van der Waals surface area contributed by atoms with Gasteiger partial charge in [0.15, 0.2) is 0 Å². The summed E-state index contributed by atoms with van der Waals surface area (Å²) in [6, 6.07) is 0. The van der Waals surface area contributed by atoms with Gasteiger partial charge in [-0.3, -0.25) is 4.79 Å². The largest absolute Gasteiger partial charge is 0.465 e. The normalized spacial score (nSPS) is 11.3. The van der Waals surface area contributed by atoms with Crippen LogP contribution in [0.15, 0.2) is 0 Å². The molecule has 0 amide bonds. The molecule has 0 aromatic heterocycles. The van der Waals surface area contributed by atoms with E-state index in [4.69, 9.17) is 4.74 Å². The number of rotatable bonds is 3. The van der Waals surface area contributed by atoms with Gasteiger partial charge in [0.05, 0.1) is 13.0 Å². The highest BCUT2D eigenvalue weighted by Crippen LogP contribution is 2.13. The molecule has 0 aliphatic heterocycles. The van der Waals surface area contributed by atoms with E-state index < -0.39 is 0 Å². The molecule has 65 valence electrons. The zero-order valence-electron chi connectivity index (χ0n) is 7.81. The van der Waals surface area contributed by atoms with E-state index in [0.29, 0.717) is 6.61 Å². The first-order valence-corrected chi connectivity index (χ1v) is 3.95. The van der Waals surface area contributed by atoms with E-state index in [1.807, 2.05) is 27.7 Å². The maximum absolute atomic E-state index is 10.8. The number of ether oxygens (including phenoxy) is 1. The second-order valence-electron chi connectivity index (χ2n) is 3.78. The second kappa shape index (κ2) is 4.37. The van der Waals surface area contributed by atoms with Gasteiger partial charge in [0, 0.05) is 0 Å². The zero-order chi connectivity index (χ0) is 8.91. The third-order valence-electron chi connectivity index (χ3n) is 1.02. The zero-order valence-corrected chi connectivity index (χ0v) is 7.81. The smallest absolute Gasteiger partial charge is 0.309 e. The summed E-state index contributed by atoms with van der Waals surface area (Å²) in [6.45, 7) is 8.51. The Hall–Kier alpha value is -0.530. The van der Waals surface area contributed by atoms with Crippen LogP contribution in [0, 0.1) is 11.8 Å². The maximum atomic E-state index is 10.8. The number of carbonyl (C=O) groups is 1. The van der Waals surface area contributed by atoms with Gasteiger partial charge in [-0.15, -0.1) is 0 Å². The fourth-order valence-electron chi connectivity index (χ4n) is 0.513. The fourth-order valence-corrected chi connectivity index (χ4v) is 0.513. The molecular weight excluding hydrogens is 140 g/mol. The van der Waals surface area contributed by atoms with Gasteiger partial charge in [0.2, 0.25) is 0 Å². The topological polar surface area (TPSA) is 26.3 Å². The molecule has 0 rings (SSSR count). The Balaban J connectivity index is 3.46. The maximum Gasteiger partial charge on any atom is 0.309 e. The second-order valence-corrected chi connectivity index (χ2v) is 3.78. The van der Waals surface area contributed by atoms with Crippen molar-refractivity contribution >= 4 is 5.97 Å². The summed E-state index contributed by atoms with van der Waals surface area (Å²) in [5.41, 5.74) is 0.0667. The molecule has 0 unspecified atom stereocenters. The van der Waals surface area contributed by atoms with Crippen molar-refractivity contribution in [2.24, 2.45) is 5.41 Å². The lowest BCUT2D eigenvalue weighted by Crippen LogP contribution is -2.18. The first kappa shape index (κ1) is 10.5. The number of hydrogen-bond acceptors (Lipinski definition) is 2. The number of hydrogen-bond donors (Lipinski definition) is 0. The molecule has 0 saturated heterocycles. The summed E-state index contributed by atoms with van der Waals surface area (Å²) in [6.07, 6.45) is 2.29. The Bertz CT molecular complexity index is 122. The van der Waals surface area contributed by atoms with Crippen molar-refractivity contribution in [1.29, 1.82) is 0 Å². The first-order valence-electron chi connectivity index (χ1n) is 3.95. The lowest BCUT2D eigenvalue weighted by atomic mass is 9.99. The highest BCUT2D eigenvalue weighted by molar-refractivity contribution is 5.78. The van der Waals surface area contributed by atoms with Crippen LogP contribution in [-0.2, 0) is 9.53 Å². The third kappa shape index (κ3) is 7.37. The van der Waals surface area contributed by atoms with E-state index in [2.05, 4.69) is 0 Å². The highest BCUT2D eigenvalue weighted by atomic mass is 16.5. The van der Waals surface area contributed by atoms with Crippen molar-refractivity contribution in [3.05, 3.63) is 6.42 Å². The lowest BCUT2D eigenvalue weighted by molar-refractivity contribution is -0.142. The molecule has 0 spiro atoms. The van der Waals surface area contributed by atoms with Crippen LogP contribution in [0.25, 0.3) is 0 Å². The predicted octanol–water partition coefficient (Wildman–Crippen LogP) is 2.19. The monoisotopic (exact) mass is 157 g/mol. The van der Waals surface area contributed by atoms with Crippen molar-refractivity contribution in [2.45, 2.75) is 34.1 Å². The first-order chi connectivity index (χ1) is 4.95. The quantitative estimate of drug-likeness (QED) is 0.587. The molecule has 0 aromatic carbocycles. The average molecular weight is 157 g/mol. The molecule has 0 atom stereocenters. The Kier molecular flexibility index (Phi) is 4.16. The molecule has 0 bridgehead atoms. The van der Waals surface area contributed by atoms with Crippen LogP contribution in [0.5, 0.6) is 0 Å². The van der Waals surface area contributed by atoms with Crippen LogP contribution >= 0.6 is 0 Å². The molecule has 0 saturated carbocycles. The minimum absolute atomic E-state index is 0.0667. The van der Waals surface area contributed by atoms with Crippen LogP contribution in [0.1, 0.15) is 34.1 Å². The van der Waals surface area contributed by atoms with Crippen molar-refractivity contribution in [3.63, 3.8) is 0 Å². The molecule has 2 heteroatoms. The Morgan fingerprint density at radius 3 is 2.36 bits per heavy atom. The molecular formula is C9H17O2. The van der Waals surface area contributed by atoms with Crippen LogP contribution in [0.2, 0.25) is 0 Å². The Morgan fingerprint density at radius 2 is 2.00 bits per heavy atom. The van der Waals surface area contributed by atoms with Crippen LogP contribution in [0.4, 0.5) is 0 Å². The summed E-state index contributed by atoms with van der Waals surface area (Å²) < 4.78 is 4.95. The van der Waals surface area contributed by atoms with Gasteiger partial charge < -0.3 is 4.74 Å². The van der Waals surface area contributed by atoms with E-state index >= 15 is 0 Å². The molecule has 0 fully saturated rings. The average Bonchev–Trinajstić information content (AvgIpc) is 1.83. The van der Waals surface area contributed by atoms with Crippen molar-refractivity contribution in [3.8, 4) is 0 Å². The fraction of sp³-hybridized carbons (Fsp3) is 0.778. The number of carbonyl (C=O) groups excluding carboxylic acids is 1. The summed E-state index contributed by atoms with van der Waals surface area (Å²) >= 11 is 0. The van der Waals surface area contributed by atoms with Gasteiger partial charge in [-0.25, -0.2) is 0 Å². The third-order valence-corrected chi connectivity index (χ3v) is 1.02. The van der Waals surface area contributed by atoms with Crippen molar-refractivity contribution < 1.29 is 9.53 Å². The SMILES string of the molecule is CC[CH]C(=O)OCC(C)(C)C. The van der Waals surface area contributed by atoms with Gasteiger partial charge in [0.1, 0.15) is 0 Å². The van der Waals surface area contributed by atoms with Crippen molar-refractivity contribution in [2.75, 3.05) is 6.61 Å². The molecule has 0 heterocycles. The summed E-state index contributed by atoms with van der Waals surface area (Å²) in [5, 5.41) is 0. The Morgan fingerprint density at radius 1 is 1.45 bits per heavy atom. The van der Waals surface area contributed by atoms with Crippen LogP contribution < -0.4 is 0 Å². The molecule has 11 heavy (non-hydrogen) atoms. The predicted molar refractivity (Wildman–Crippen MR) is 45.0 cm³/mol. The van der Waals surface area contributed by atoms with Gasteiger partial charge >= 0.3 is 5.97 Å². The molecule has 0 N–H and O–H groups in total. The number of esters is 1. The van der Waals surface area contributed by atoms with E-state index in [-0.39, 0.29) is 11.4 Å². The summed E-state index contributed by atoms with van der Waals surface area (Å²) in [4.78, 5) is 10.8. The van der Waals surface area contributed by atoms with Crippen LogP contribution in [0.3, 0.4) is 0 Å². The Labute approximate surface area is 68.9 Å². The molecule has 2 nitrogen and oxygen atoms in total. The van der Waals surface area contributed by atoms with Crippen molar-refractivity contribution in [1.82, 2.24) is 0 Å². The van der Waals surface area contributed by atoms with Gasteiger partial charge in [0.25, 0.3) is 0 Å². The van der Waals surface area contributed by atoms with E-state index in [0.717, 1.165) is 6.42 Å². The molecule has 1 radical (unpaired) electrons. The van der Waals surface area contributed by atoms with E-state index in [1.54, 1.807) is 6.42 Å². The van der Waals surface area contributed by atoms with E-state index in [9.17, 15) is 4.79 Å². The van der Waals surface area contributed by atoms with Crippen LogP contribution in [-0.4, -0.2) is 12.6 Å². The summed E-state index contributed by atoms with van der Waals surface area (Å²) in [5.74, 6) is -0.206. The minimum Gasteiger partial charge on any atom is -0.465 e. The molecule has 0 aliphatic carbocycles. The van der Waals surface area contributed by atoms with E-state index in [1.165, 1.54) is 0 Å². The van der Waals surface area contributed by atoms with Gasteiger partial charge in [-0.05, 0) is 11.8 Å². The van der Waals surface area contributed by atoms with Gasteiger partial charge in [-0.2, -0.15) is 0 Å². The van der Waals surface area contributed by atoms with Gasteiger partial charge in [-0.1, -0.05) is 27.7 Å². The highest BCUT2D eigenvalue weighted by Gasteiger charge is 2.12. The molecule has 0 aliphatic rings. The molecule has 0 aromatic rings. The minimum atomic E-state index is -0.206.